The molecule has 8 aromatic carbocycles. The topological polar surface area (TPSA) is 289 Å². The molecule has 4 N–H and O–H groups in total. The molecule has 0 unspecified atom stereocenters. The quantitative estimate of drug-likeness (QED) is 0.00978. The van der Waals surface area contributed by atoms with Gasteiger partial charge in [0.05, 0.1) is 37.1 Å². The van der Waals surface area contributed by atoms with Gasteiger partial charge in [-0.1, -0.05) is 111 Å². The molecule has 0 spiro atoms. The molecule has 0 aliphatic carbocycles. The summed E-state index contributed by atoms with van der Waals surface area (Å²) in [4.78, 5) is 42.5. The fraction of sp³-hybridized carbons (Fsp3) is 0.243. The molecule has 100 heavy (non-hydrogen) atoms. The first kappa shape index (κ1) is 79.0. The number of carbonyl (C=O) groups excluding carboxylic acids is 1. The molecule has 4 aromatic heterocycles. The van der Waals surface area contributed by atoms with Gasteiger partial charge in [-0.25, -0.2) is 25.1 Å². The van der Waals surface area contributed by atoms with Crippen molar-refractivity contribution < 1.29 is 91.4 Å². The van der Waals surface area contributed by atoms with Gasteiger partial charge in [0.15, 0.2) is 35.2 Å². The number of rotatable bonds is 26. The van der Waals surface area contributed by atoms with Crippen molar-refractivity contribution in [2.75, 3.05) is 27.4 Å². The van der Waals surface area contributed by atoms with Gasteiger partial charge in [0.2, 0.25) is 11.8 Å². The molecule has 12 aromatic rings. The van der Waals surface area contributed by atoms with Crippen molar-refractivity contribution in [2.45, 2.75) is 92.9 Å². The van der Waals surface area contributed by atoms with Crippen molar-refractivity contribution in [1.82, 2.24) is 30.2 Å². The molecule has 26 heteroatoms. The number of oxazole rings is 2. The smallest absolute Gasteiger partial charge is 0.493 e. The number of aryl methyl sites for hydroxylation is 2. The molecular formula is C74H80N9NaO14S2. The van der Waals surface area contributed by atoms with E-state index in [1.807, 2.05) is 178 Å². The van der Waals surface area contributed by atoms with Crippen molar-refractivity contribution in [1.29, 1.82) is 0 Å². The standard InChI is InChI=1S/C37H36N2O6.C35H32N2O6.C2H6O.H2N5O.Na.2H2S/c1-5-31(37(40)42-6-2)45-33-18-12-17-30-35(33)27-15-10-11-16-29(27)39(30)22-25-19-20-32(34(21-25)41-4)43-23-28-24(3)44-36(38-28)26-13-8-7-9-14-26;1-4-29(35(38)39)43-31-16-10-15-28-33(31)25-13-8-9-14-27(25)37(28)20-23-17-18-30(32(19-23)40-3)41-21-26-22(2)42-34(36-26)24-11-6-5-7-12-24;1-2-3;1-2-3-4-5-6;;;/h7-21,31H,5-6,22-23H2,1-4H3;5-19,29H,4,20-21H2,1-3H3,(H,38,39);3H,2H2,1H3;(H2-,1,2,3,4,5,6);;2*1H2/q;;;-1;+1;;/t31-;29-;;;;;/m00...../s1. The summed E-state index contributed by atoms with van der Waals surface area (Å²) < 4.78 is 57.5. The first-order chi connectivity index (χ1) is 47.3. The molecule has 0 bridgehead atoms. The third-order valence-corrected chi connectivity index (χ3v) is 15.5. The molecule has 0 amide bonds. The second kappa shape index (κ2) is 38.9. The maximum Gasteiger partial charge on any atom is 1.00 e. The predicted molar refractivity (Wildman–Crippen MR) is 390 cm³/mol. The van der Waals surface area contributed by atoms with Gasteiger partial charge < -0.3 is 72.4 Å². The number of aliphatic hydroxyl groups excluding tert-OH is 1. The average Bonchev–Trinajstić information content (AvgIpc) is 1.60. The zero-order valence-electron chi connectivity index (χ0n) is 57.1. The van der Waals surface area contributed by atoms with Crippen molar-refractivity contribution >= 4 is 82.5 Å². The van der Waals surface area contributed by atoms with E-state index in [1.54, 1.807) is 46.1 Å². The van der Waals surface area contributed by atoms with Gasteiger partial charge in [-0.3, -0.25) is 5.22 Å². The predicted octanol–water partition coefficient (Wildman–Crippen LogP) is 12.7. The van der Waals surface area contributed by atoms with E-state index in [-0.39, 0.29) is 82.3 Å². The number of aliphatic hydroxyl groups is 1. The average molecular weight is 1410 g/mol. The van der Waals surface area contributed by atoms with Gasteiger partial charge in [-0.15, -0.1) is 4.91 Å². The van der Waals surface area contributed by atoms with Crippen LogP contribution in [0.3, 0.4) is 0 Å². The Morgan fingerprint density at radius 3 is 1.34 bits per heavy atom. The number of hydrogen-bond donors (Lipinski definition) is 4. The van der Waals surface area contributed by atoms with E-state index in [2.05, 4.69) is 53.9 Å². The molecule has 12 rings (SSSR count). The van der Waals surface area contributed by atoms with Crippen molar-refractivity contribution in [3.05, 3.63) is 226 Å². The van der Waals surface area contributed by atoms with Crippen LogP contribution in [0.5, 0.6) is 34.5 Å². The van der Waals surface area contributed by atoms with Crippen LogP contribution in [-0.2, 0) is 40.6 Å². The van der Waals surface area contributed by atoms with E-state index in [0.29, 0.717) is 90.3 Å². The number of fused-ring (bicyclic) bond motifs is 6. The van der Waals surface area contributed by atoms with Crippen LogP contribution < -0.4 is 69.0 Å². The van der Waals surface area contributed by atoms with Gasteiger partial charge >= 0.3 is 41.5 Å². The number of esters is 1. The van der Waals surface area contributed by atoms with Crippen molar-refractivity contribution in [3.63, 3.8) is 0 Å². The molecule has 518 valence electrons. The van der Waals surface area contributed by atoms with Gasteiger partial charge in [0.1, 0.15) is 47.6 Å². The van der Waals surface area contributed by atoms with Crippen LogP contribution in [-0.4, -0.2) is 80.9 Å². The zero-order valence-corrected chi connectivity index (χ0v) is 61.1. The summed E-state index contributed by atoms with van der Waals surface area (Å²) >= 11 is 0. The molecule has 0 aliphatic rings. The van der Waals surface area contributed by atoms with Crippen LogP contribution in [0, 0.1) is 18.8 Å². The number of ether oxygens (including phenoxy) is 7. The summed E-state index contributed by atoms with van der Waals surface area (Å²) in [6.45, 7) is 13.2. The number of para-hydroxylation sites is 2. The number of nitroso groups, excluding NO2 is 1. The van der Waals surface area contributed by atoms with Gasteiger partial charge in [-0.2, -0.15) is 27.0 Å². The third kappa shape index (κ3) is 19.2. The second-order valence-electron chi connectivity index (χ2n) is 21.7. The van der Waals surface area contributed by atoms with E-state index in [0.717, 1.165) is 77.3 Å². The Bertz CT molecular complexity index is 4620. The summed E-state index contributed by atoms with van der Waals surface area (Å²) in [5.74, 6) is 4.89. The first-order valence-electron chi connectivity index (χ1n) is 31.4. The molecule has 0 radical (unpaired) electrons. The minimum Gasteiger partial charge on any atom is -0.493 e. The number of benzene rings is 8. The Labute approximate surface area is 614 Å². The largest absolute Gasteiger partial charge is 1.00 e. The Kier molecular flexibility index (Phi) is 30.8. The number of aliphatic carboxylic acids is 1. The van der Waals surface area contributed by atoms with E-state index in [1.165, 1.54) is 0 Å². The maximum atomic E-state index is 12.5. The van der Waals surface area contributed by atoms with Gasteiger partial charge in [0.25, 0.3) is 0 Å². The molecular weight excluding hydrogens is 1330 g/mol. The molecule has 0 saturated carbocycles. The normalized spacial score (nSPS) is 11.1. The summed E-state index contributed by atoms with van der Waals surface area (Å²) in [6, 6.07) is 59.4. The Morgan fingerprint density at radius 2 is 0.960 bits per heavy atom. The SMILES string of the molecule is CCO.CCOC(=O)[C@H](CC)Oc1cccc2c1c1ccccc1n2Cc1ccc(OCc2nc(-c3ccccc3)oc2C)c(OC)c1.CC[C@H](Oc1cccc2c1c1ccccc1n2Cc1ccc(OCc2nc(-c3ccccc3)oc2C)c(OC)c1)C(=O)O.S.S.[N-]=NNNN=O.[Na+]. The fourth-order valence-electron chi connectivity index (χ4n) is 10.9. The minimum absolute atomic E-state index is 0. The number of hydrogen-bond acceptors (Lipinski definition) is 17. The molecule has 4 heterocycles. The number of carboxylic acid groups (broad SMARTS) is 1. The third-order valence-electron chi connectivity index (χ3n) is 15.5. The summed E-state index contributed by atoms with van der Waals surface area (Å²) in [5.41, 5.74) is 20.1. The number of nitrogens with zero attached hydrogens (tertiary/aromatic N) is 7. The summed E-state index contributed by atoms with van der Waals surface area (Å²) in [7, 11) is 3.26. The van der Waals surface area contributed by atoms with E-state index in [4.69, 9.17) is 57.5 Å². The van der Waals surface area contributed by atoms with E-state index >= 15 is 0 Å². The summed E-state index contributed by atoms with van der Waals surface area (Å²) in [5, 5.41) is 25.4. The minimum atomic E-state index is -0.979. The van der Waals surface area contributed by atoms with E-state index in [9.17, 15) is 14.7 Å². The number of carbonyl (C=O) groups is 2. The molecule has 23 nitrogen and oxygen atoms in total. The number of aromatic nitrogens is 4. The Hall–Kier alpha value is -10.0. The number of nitrogens with one attached hydrogen (secondary N) is 2. The Balaban J connectivity index is 0.000000274. The van der Waals surface area contributed by atoms with Crippen LogP contribution >= 0.6 is 27.0 Å². The fourth-order valence-corrected chi connectivity index (χ4v) is 10.9. The second-order valence-corrected chi connectivity index (χ2v) is 21.7. The molecule has 0 aliphatic heterocycles. The number of hydrazine groups is 1. The van der Waals surface area contributed by atoms with Gasteiger partial charge in [0, 0.05) is 63.4 Å². The van der Waals surface area contributed by atoms with Crippen LogP contribution in [0.4, 0.5) is 0 Å². The van der Waals surface area contributed by atoms with Crippen LogP contribution in [0.25, 0.3) is 72.1 Å². The summed E-state index contributed by atoms with van der Waals surface area (Å²) in [6.07, 6.45) is -0.730. The zero-order chi connectivity index (χ0) is 68.8. The van der Waals surface area contributed by atoms with Crippen LogP contribution in [0.2, 0.25) is 0 Å². The molecule has 0 fully saturated rings. The number of carboxylic acids is 1. The Morgan fingerprint density at radius 1 is 0.550 bits per heavy atom. The van der Waals surface area contributed by atoms with Crippen molar-refractivity contribution in [2.24, 2.45) is 10.5 Å². The molecule has 2 atom stereocenters. The van der Waals surface area contributed by atoms with Crippen LogP contribution in [0.1, 0.15) is 74.6 Å². The monoisotopic (exact) mass is 1410 g/mol. The maximum absolute atomic E-state index is 12.5. The van der Waals surface area contributed by atoms with Gasteiger partial charge in [-0.05, 0) is 137 Å². The molecule has 0 saturated heterocycles. The number of methoxy groups -OCH3 is 2. The van der Waals surface area contributed by atoms with Crippen molar-refractivity contribution in [3.8, 4) is 57.4 Å². The first-order valence-corrected chi connectivity index (χ1v) is 31.4. The van der Waals surface area contributed by atoms with E-state index < -0.39 is 18.2 Å². The van der Waals surface area contributed by atoms with Crippen LogP contribution in [0.15, 0.2) is 201 Å².